The van der Waals surface area contributed by atoms with Crippen LogP contribution in [0, 0.1) is 0 Å². The molecule has 2 atom stereocenters. The Morgan fingerprint density at radius 1 is 1.50 bits per heavy atom. The molecule has 1 saturated heterocycles. The van der Waals surface area contributed by atoms with E-state index in [9.17, 15) is 4.79 Å². The number of furan rings is 1. The lowest BCUT2D eigenvalue weighted by atomic mass is 10.2. The largest absolute Gasteiger partial charge is 0.468 e. The van der Waals surface area contributed by atoms with Crippen LogP contribution in [0.25, 0.3) is 0 Å². The maximum atomic E-state index is 12.7. The van der Waals surface area contributed by atoms with Crippen molar-refractivity contribution in [2.45, 2.75) is 31.8 Å². The molecule has 4 nitrogen and oxygen atoms in total. The van der Waals surface area contributed by atoms with Crippen molar-refractivity contribution < 1.29 is 9.21 Å². The highest BCUT2D eigenvalue weighted by atomic mass is 32.1. The number of amides is 1. The molecule has 0 radical (unpaired) electrons. The Bertz CT molecular complexity index is 594. The van der Waals surface area contributed by atoms with Crippen molar-refractivity contribution in [2.24, 2.45) is 0 Å². The second kappa shape index (κ2) is 6.67. The van der Waals surface area contributed by atoms with Crippen LogP contribution in [0.15, 0.2) is 40.3 Å². The molecule has 0 spiro atoms. The zero-order chi connectivity index (χ0) is 15.5. The summed E-state index contributed by atoms with van der Waals surface area (Å²) in [5.74, 6) is 1.10. The molecule has 1 aliphatic rings. The van der Waals surface area contributed by atoms with Crippen molar-refractivity contribution in [3.8, 4) is 0 Å². The number of likely N-dealkylation sites (tertiary alicyclic amines) is 1. The average Bonchev–Trinajstić information content (AvgIpc) is 3.26. The smallest absolute Gasteiger partial charge is 0.237 e. The normalized spacial score (nSPS) is 19.8. The van der Waals surface area contributed by atoms with Gasteiger partial charge in [-0.15, -0.1) is 11.3 Å². The number of likely N-dealkylation sites (N-methyl/N-ethyl adjacent to an activating group) is 1. The van der Waals surface area contributed by atoms with Gasteiger partial charge in [-0.05, 0) is 50.4 Å². The minimum Gasteiger partial charge on any atom is -0.468 e. The Morgan fingerprint density at radius 3 is 3.05 bits per heavy atom. The predicted molar refractivity (Wildman–Crippen MR) is 87.8 cm³/mol. The molecule has 22 heavy (non-hydrogen) atoms. The summed E-state index contributed by atoms with van der Waals surface area (Å²) in [4.78, 5) is 18.1. The third-order valence-corrected chi connectivity index (χ3v) is 5.42. The van der Waals surface area contributed by atoms with Crippen molar-refractivity contribution in [3.05, 3.63) is 46.5 Å². The predicted octanol–water partition coefficient (Wildman–Crippen LogP) is 3.70. The standard InChI is InChI=1S/C17H22N2O2S/c1-13(15-7-4-10-21-15)18(2)12-17(20)19-9-3-6-14(19)16-8-5-11-22-16/h4-5,7-8,10-11,13-14H,3,6,9,12H2,1-2H3. The van der Waals surface area contributed by atoms with Crippen LogP contribution in [-0.4, -0.2) is 35.8 Å². The molecule has 1 fully saturated rings. The quantitative estimate of drug-likeness (QED) is 0.843. The van der Waals surface area contributed by atoms with Crippen LogP contribution >= 0.6 is 11.3 Å². The first-order chi connectivity index (χ1) is 10.7. The first-order valence-corrected chi connectivity index (χ1v) is 8.61. The summed E-state index contributed by atoms with van der Waals surface area (Å²) >= 11 is 1.74. The highest BCUT2D eigenvalue weighted by Crippen LogP contribution is 2.34. The molecule has 2 unspecified atom stereocenters. The Morgan fingerprint density at radius 2 is 2.36 bits per heavy atom. The molecule has 3 heterocycles. The van der Waals surface area contributed by atoms with Crippen LogP contribution in [0.1, 0.15) is 42.5 Å². The summed E-state index contributed by atoms with van der Waals surface area (Å²) in [7, 11) is 1.97. The summed E-state index contributed by atoms with van der Waals surface area (Å²) in [5, 5.41) is 2.08. The second-order valence-electron chi connectivity index (χ2n) is 5.87. The van der Waals surface area contributed by atoms with Gasteiger partial charge in [0.05, 0.1) is 24.9 Å². The number of rotatable bonds is 5. The highest BCUT2D eigenvalue weighted by Gasteiger charge is 2.31. The van der Waals surface area contributed by atoms with E-state index >= 15 is 0 Å². The lowest BCUT2D eigenvalue weighted by molar-refractivity contribution is -0.133. The minimum atomic E-state index is 0.0988. The SMILES string of the molecule is CC(c1ccco1)N(C)CC(=O)N1CCCC1c1cccs1. The molecule has 118 valence electrons. The monoisotopic (exact) mass is 318 g/mol. The highest BCUT2D eigenvalue weighted by molar-refractivity contribution is 7.10. The Hall–Kier alpha value is -1.59. The van der Waals surface area contributed by atoms with Gasteiger partial charge in [0.15, 0.2) is 0 Å². The van der Waals surface area contributed by atoms with Gasteiger partial charge < -0.3 is 9.32 Å². The van der Waals surface area contributed by atoms with Gasteiger partial charge in [-0.1, -0.05) is 6.07 Å². The van der Waals surface area contributed by atoms with Crippen molar-refractivity contribution in [3.63, 3.8) is 0 Å². The summed E-state index contributed by atoms with van der Waals surface area (Å²) in [5.41, 5.74) is 0. The number of thiophene rings is 1. The summed E-state index contributed by atoms with van der Waals surface area (Å²) in [6.07, 6.45) is 3.84. The van der Waals surface area contributed by atoms with Gasteiger partial charge in [-0.2, -0.15) is 0 Å². The van der Waals surface area contributed by atoms with Crippen LogP contribution in [0.2, 0.25) is 0 Å². The van der Waals surface area contributed by atoms with E-state index in [4.69, 9.17) is 4.42 Å². The van der Waals surface area contributed by atoms with Gasteiger partial charge in [0.2, 0.25) is 5.91 Å². The number of nitrogens with zero attached hydrogens (tertiary/aromatic N) is 2. The molecule has 0 aromatic carbocycles. The molecule has 3 rings (SSSR count). The molecule has 0 bridgehead atoms. The molecule has 5 heteroatoms. The van der Waals surface area contributed by atoms with E-state index in [-0.39, 0.29) is 18.0 Å². The van der Waals surface area contributed by atoms with E-state index in [2.05, 4.69) is 24.4 Å². The molecule has 0 saturated carbocycles. The fourth-order valence-corrected chi connectivity index (χ4v) is 3.90. The fourth-order valence-electron chi connectivity index (χ4n) is 3.03. The van der Waals surface area contributed by atoms with E-state index < -0.39 is 0 Å². The lowest BCUT2D eigenvalue weighted by Gasteiger charge is -2.28. The van der Waals surface area contributed by atoms with Gasteiger partial charge in [-0.25, -0.2) is 0 Å². The van der Waals surface area contributed by atoms with Gasteiger partial charge >= 0.3 is 0 Å². The number of carbonyl (C=O) groups is 1. The lowest BCUT2D eigenvalue weighted by Crippen LogP contribution is -2.39. The van der Waals surface area contributed by atoms with Crippen molar-refractivity contribution in [1.29, 1.82) is 0 Å². The zero-order valence-corrected chi connectivity index (χ0v) is 13.9. The van der Waals surface area contributed by atoms with E-state index in [1.165, 1.54) is 4.88 Å². The molecule has 0 N–H and O–H groups in total. The maximum Gasteiger partial charge on any atom is 0.237 e. The van der Waals surface area contributed by atoms with Crippen molar-refractivity contribution >= 4 is 17.2 Å². The maximum absolute atomic E-state index is 12.7. The van der Waals surface area contributed by atoms with E-state index in [1.807, 2.05) is 29.0 Å². The molecule has 1 amide bonds. The minimum absolute atomic E-state index is 0.0988. The first-order valence-electron chi connectivity index (χ1n) is 7.73. The summed E-state index contributed by atoms with van der Waals surface area (Å²) in [6.45, 7) is 3.35. The Kier molecular flexibility index (Phi) is 4.64. The Labute approximate surface area is 135 Å². The van der Waals surface area contributed by atoms with Crippen LogP contribution in [0.3, 0.4) is 0 Å². The van der Waals surface area contributed by atoms with Crippen molar-refractivity contribution in [2.75, 3.05) is 20.1 Å². The number of hydrogen-bond acceptors (Lipinski definition) is 4. The van der Waals surface area contributed by atoms with E-state index in [0.717, 1.165) is 25.1 Å². The van der Waals surface area contributed by atoms with Crippen LogP contribution < -0.4 is 0 Å². The van der Waals surface area contributed by atoms with Crippen LogP contribution in [0.5, 0.6) is 0 Å². The van der Waals surface area contributed by atoms with Crippen LogP contribution in [0.4, 0.5) is 0 Å². The average molecular weight is 318 g/mol. The molecule has 0 aliphatic carbocycles. The molecule has 2 aromatic heterocycles. The fraction of sp³-hybridized carbons (Fsp3) is 0.471. The topological polar surface area (TPSA) is 36.7 Å². The second-order valence-corrected chi connectivity index (χ2v) is 6.85. The van der Waals surface area contributed by atoms with E-state index in [1.54, 1.807) is 17.6 Å². The molecule has 1 aliphatic heterocycles. The number of hydrogen-bond donors (Lipinski definition) is 0. The van der Waals surface area contributed by atoms with Crippen LogP contribution in [-0.2, 0) is 4.79 Å². The van der Waals surface area contributed by atoms with Gasteiger partial charge in [-0.3, -0.25) is 9.69 Å². The first kappa shape index (κ1) is 15.3. The number of carbonyl (C=O) groups excluding carboxylic acids is 1. The molecular weight excluding hydrogens is 296 g/mol. The van der Waals surface area contributed by atoms with E-state index in [0.29, 0.717) is 6.54 Å². The molecule has 2 aromatic rings. The third-order valence-electron chi connectivity index (χ3n) is 4.45. The third kappa shape index (κ3) is 3.10. The van der Waals surface area contributed by atoms with Gasteiger partial charge in [0.1, 0.15) is 5.76 Å². The molecular formula is C17H22N2O2S. The van der Waals surface area contributed by atoms with Crippen molar-refractivity contribution in [1.82, 2.24) is 9.80 Å². The summed E-state index contributed by atoms with van der Waals surface area (Å²) < 4.78 is 5.44. The summed E-state index contributed by atoms with van der Waals surface area (Å²) in [6, 6.07) is 8.40. The zero-order valence-electron chi connectivity index (χ0n) is 13.1. The Balaban J connectivity index is 1.63. The van der Waals surface area contributed by atoms with Gasteiger partial charge in [0.25, 0.3) is 0 Å². The van der Waals surface area contributed by atoms with Gasteiger partial charge in [0, 0.05) is 11.4 Å².